The van der Waals surface area contributed by atoms with E-state index in [0.717, 1.165) is 22.5 Å². The van der Waals surface area contributed by atoms with Gasteiger partial charge in [0.1, 0.15) is 0 Å². The van der Waals surface area contributed by atoms with Gasteiger partial charge in [0, 0.05) is 0 Å². The van der Waals surface area contributed by atoms with E-state index >= 15 is 0 Å². The highest BCUT2D eigenvalue weighted by Gasteiger charge is 2.29. The molecule has 0 saturated carbocycles. The van der Waals surface area contributed by atoms with Crippen molar-refractivity contribution < 1.29 is 9.59 Å². The summed E-state index contributed by atoms with van der Waals surface area (Å²) in [4.78, 5) is 25.8. The predicted molar refractivity (Wildman–Crippen MR) is 136 cm³/mol. The van der Waals surface area contributed by atoms with Crippen molar-refractivity contribution in [3.8, 4) is 0 Å². The molecule has 166 valence electrons. The largest absolute Gasteiger partial charge is 0.280 e. The number of anilines is 2. The zero-order chi connectivity index (χ0) is 23.7. The lowest BCUT2D eigenvalue weighted by Crippen LogP contribution is -2.21. The van der Waals surface area contributed by atoms with Gasteiger partial charge in [-0.3, -0.25) is 9.59 Å². The van der Waals surface area contributed by atoms with Crippen LogP contribution in [0.4, 0.5) is 11.4 Å². The van der Waals surface area contributed by atoms with Gasteiger partial charge in [-0.2, -0.15) is 20.2 Å². The van der Waals surface area contributed by atoms with Gasteiger partial charge in [0.15, 0.2) is 0 Å². The third-order valence-electron chi connectivity index (χ3n) is 5.69. The molecule has 0 atom stereocenters. The van der Waals surface area contributed by atoms with E-state index in [4.69, 9.17) is 0 Å². The maximum absolute atomic E-state index is 12.9. The van der Waals surface area contributed by atoms with Gasteiger partial charge in [0.2, 0.25) is 0 Å². The van der Waals surface area contributed by atoms with Gasteiger partial charge in [-0.05, 0) is 61.4 Å². The molecule has 2 amide bonds. The molecule has 6 heteroatoms. The molecule has 5 rings (SSSR count). The van der Waals surface area contributed by atoms with Crippen LogP contribution in [-0.2, 0) is 9.59 Å². The Kier molecular flexibility index (Phi) is 5.47. The number of hydrogen-bond donors (Lipinski definition) is 0. The number of amides is 2. The Hall–Kier alpha value is -4.58. The quantitative estimate of drug-likeness (QED) is 0.511. The van der Waals surface area contributed by atoms with Crippen LogP contribution < -0.4 is 10.0 Å². The standard InChI is InChI=1S/C28H22N4O2/c1-19-25(27(33)31(29-19)23-9-5-3-6-10-23)17-21-13-15-22(16-14-21)18-26-20(2)30-32(28(26)34)24-11-7-4-8-12-24/h3-18H,1-2H3/b25-17+,26-18+. The topological polar surface area (TPSA) is 65.3 Å². The number of hydrogen-bond acceptors (Lipinski definition) is 4. The van der Waals surface area contributed by atoms with Gasteiger partial charge >= 0.3 is 0 Å². The molecule has 3 aromatic carbocycles. The summed E-state index contributed by atoms with van der Waals surface area (Å²) in [7, 11) is 0. The summed E-state index contributed by atoms with van der Waals surface area (Å²) in [5.74, 6) is -0.307. The third kappa shape index (κ3) is 3.97. The molecule has 0 unspecified atom stereocenters. The van der Waals surface area contributed by atoms with Crippen molar-refractivity contribution in [3.05, 3.63) is 107 Å². The van der Waals surface area contributed by atoms with Gasteiger partial charge in [-0.25, -0.2) is 0 Å². The molecule has 0 saturated heterocycles. The van der Waals surface area contributed by atoms with E-state index < -0.39 is 0 Å². The molecule has 2 aliphatic rings. The van der Waals surface area contributed by atoms with Crippen molar-refractivity contribution in [2.24, 2.45) is 10.2 Å². The van der Waals surface area contributed by atoms with Crippen LogP contribution in [0.15, 0.2) is 106 Å². The first-order valence-electron chi connectivity index (χ1n) is 10.9. The highest BCUT2D eigenvalue weighted by Crippen LogP contribution is 2.26. The van der Waals surface area contributed by atoms with Gasteiger partial charge in [0.05, 0.1) is 33.9 Å². The van der Waals surface area contributed by atoms with Gasteiger partial charge in [-0.1, -0.05) is 60.7 Å². The number of carbonyl (C=O) groups is 2. The number of rotatable bonds is 4. The second-order valence-electron chi connectivity index (χ2n) is 8.06. The van der Waals surface area contributed by atoms with Crippen molar-refractivity contribution in [2.45, 2.75) is 13.8 Å². The minimum absolute atomic E-state index is 0.153. The Balaban J connectivity index is 1.36. The van der Waals surface area contributed by atoms with Gasteiger partial charge < -0.3 is 0 Å². The fraction of sp³-hybridized carbons (Fsp3) is 0.0714. The summed E-state index contributed by atoms with van der Waals surface area (Å²) in [6, 6.07) is 26.4. The Labute approximate surface area is 197 Å². The second-order valence-corrected chi connectivity index (χ2v) is 8.06. The minimum atomic E-state index is -0.153. The number of nitrogens with zero attached hydrogens (tertiary/aromatic N) is 4. The molecule has 0 spiro atoms. The van der Waals surface area contributed by atoms with Crippen molar-refractivity contribution in [1.82, 2.24) is 0 Å². The van der Waals surface area contributed by atoms with E-state index in [2.05, 4.69) is 10.2 Å². The first-order valence-corrected chi connectivity index (χ1v) is 10.9. The molecule has 0 aliphatic carbocycles. The summed E-state index contributed by atoms with van der Waals surface area (Å²) < 4.78 is 0. The molecule has 2 heterocycles. The average Bonchev–Trinajstić information content (AvgIpc) is 3.31. The average molecular weight is 447 g/mol. The molecule has 3 aromatic rings. The van der Waals surface area contributed by atoms with Crippen LogP contribution in [0.5, 0.6) is 0 Å². The highest BCUT2D eigenvalue weighted by atomic mass is 16.2. The normalized spacial score (nSPS) is 18.2. The number of hydrazone groups is 2. The first-order chi connectivity index (χ1) is 16.5. The molecule has 6 nitrogen and oxygen atoms in total. The van der Waals surface area contributed by atoms with E-state index in [1.165, 1.54) is 10.0 Å². The number of benzene rings is 3. The summed E-state index contributed by atoms with van der Waals surface area (Å²) in [6.45, 7) is 3.66. The smallest absolute Gasteiger partial charge is 0.267 e. The number of carbonyl (C=O) groups excluding carboxylic acids is 2. The Morgan fingerprint density at radius 3 is 1.26 bits per heavy atom. The molecule has 0 N–H and O–H groups in total. The van der Waals surface area contributed by atoms with Crippen LogP contribution >= 0.6 is 0 Å². The van der Waals surface area contributed by atoms with Crippen molar-refractivity contribution in [1.29, 1.82) is 0 Å². The first kappa shape index (κ1) is 21.3. The van der Waals surface area contributed by atoms with Crippen molar-refractivity contribution >= 4 is 46.8 Å². The van der Waals surface area contributed by atoms with Gasteiger partial charge in [-0.15, -0.1) is 0 Å². The maximum atomic E-state index is 12.9. The summed E-state index contributed by atoms with van der Waals surface area (Å²) >= 11 is 0. The zero-order valence-electron chi connectivity index (χ0n) is 18.8. The molecule has 0 aromatic heterocycles. The highest BCUT2D eigenvalue weighted by molar-refractivity contribution is 6.33. The fourth-order valence-corrected chi connectivity index (χ4v) is 3.88. The fourth-order valence-electron chi connectivity index (χ4n) is 3.88. The van der Waals surface area contributed by atoms with E-state index in [-0.39, 0.29) is 11.8 Å². The van der Waals surface area contributed by atoms with E-state index in [0.29, 0.717) is 22.6 Å². The van der Waals surface area contributed by atoms with E-state index in [9.17, 15) is 9.59 Å². The summed E-state index contributed by atoms with van der Waals surface area (Å²) in [5, 5.41) is 11.7. The Morgan fingerprint density at radius 2 is 0.912 bits per heavy atom. The van der Waals surface area contributed by atoms with Crippen LogP contribution in [0.1, 0.15) is 25.0 Å². The second kappa shape index (κ2) is 8.75. The lowest BCUT2D eigenvalue weighted by molar-refractivity contribution is -0.115. The minimum Gasteiger partial charge on any atom is -0.267 e. The van der Waals surface area contributed by atoms with Crippen LogP contribution in [0.2, 0.25) is 0 Å². The Morgan fingerprint density at radius 1 is 0.559 bits per heavy atom. The molecular weight excluding hydrogens is 424 g/mol. The predicted octanol–water partition coefficient (Wildman–Crippen LogP) is 5.30. The number of para-hydroxylation sites is 2. The lowest BCUT2D eigenvalue weighted by atomic mass is 10.0. The zero-order valence-corrected chi connectivity index (χ0v) is 18.8. The molecule has 34 heavy (non-hydrogen) atoms. The molecular formula is C28H22N4O2. The van der Waals surface area contributed by atoms with Crippen LogP contribution in [-0.4, -0.2) is 23.2 Å². The van der Waals surface area contributed by atoms with Gasteiger partial charge in [0.25, 0.3) is 11.8 Å². The van der Waals surface area contributed by atoms with E-state index in [1.807, 2.05) is 111 Å². The van der Waals surface area contributed by atoms with Crippen molar-refractivity contribution in [3.63, 3.8) is 0 Å². The van der Waals surface area contributed by atoms with Crippen LogP contribution in [0, 0.1) is 0 Å². The maximum Gasteiger partial charge on any atom is 0.280 e. The molecule has 0 radical (unpaired) electrons. The van der Waals surface area contributed by atoms with Crippen LogP contribution in [0.3, 0.4) is 0 Å². The SMILES string of the molecule is CC1=NN(c2ccccc2)C(=O)/C1=C/c1ccc(/C=C2/C(=O)N(c3ccccc3)N=C2C)cc1. The third-order valence-corrected chi connectivity index (χ3v) is 5.69. The molecule has 0 fully saturated rings. The lowest BCUT2D eigenvalue weighted by Gasteiger charge is -2.11. The van der Waals surface area contributed by atoms with Crippen LogP contribution in [0.25, 0.3) is 12.2 Å². The summed E-state index contributed by atoms with van der Waals surface area (Å²) in [6.07, 6.45) is 3.68. The summed E-state index contributed by atoms with van der Waals surface area (Å²) in [5.41, 5.74) is 5.69. The van der Waals surface area contributed by atoms with Crippen molar-refractivity contribution in [2.75, 3.05) is 10.0 Å². The van der Waals surface area contributed by atoms with E-state index in [1.54, 1.807) is 0 Å². The monoisotopic (exact) mass is 446 g/mol. The molecule has 2 aliphatic heterocycles. The molecule has 0 bridgehead atoms. The Bertz CT molecular complexity index is 1280.